The van der Waals surface area contributed by atoms with Gasteiger partial charge < -0.3 is 4.90 Å². The topological polar surface area (TPSA) is 76.3 Å². The third kappa shape index (κ3) is 2.97. The van der Waals surface area contributed by atoms with Gasteiger partial charge in [0.05, 0.1) is 10.6 Å². The Balaban J connectivity index is 2.47. The van der Waals surface area contributed by atoms with E-state index >= 15 is 0 Å². The predicted molar refractivity (Wildman–Crippen MR) is 75.0 cm³/mol. The predicted octanol–water partition coefficient (Wildman–Crippen LogP) is 3.06. The molecule has 108 valence electrons. The Kier molecular flexibility index (Phi) is 4.13. The second kappa shape index (κ2) is 5.84. The van der Waals surface area contributed by atoms with Crippen LogP contribution in [0.2, 0.25) is 5.15 Å². The van der Waals surface area contributed by atoms with Gasteiger partial charge >= 0.3 is 0 Å². The molecule has 0 N–H and O–H groups in total. The van der Waals surface area contributed by atoms with Crippen molar-refractivity contribution in [3.8, 4) is 0 Å². The summed E-state index contributed by atoms with van der Waals surface area (Å²) in [6.45, 7) is 0. The van der Waals surface area contributed by atoms with Crippen molar-refractivity contribution in [1.82, 2.24) is 4.98 Å². The number of amides is 1. The van der Waals surface area contributed by atoms with E-state index in [1.807, 2.05) is 0 Å². The molecule has 2 aromatic rings. The van der Waals surface area contributed by atoms with Crippen molar-refractivity contribution < 1.29 is 14.1 Å². The number of carbonyl (C=O) groups is 1. The summed E-state index contributed by atoms with van der Waals surface area (Å²) in [5, 5.41) is 10.9. The molecule has 0 fully saturated rings. The third-order valence-electron chi connectivity index (χ3n) is 2.80. The van der Waals surface area contributed by atoms with E-state index < -0.39 is 22.3 Å². The summed E-state index contributed by atoms with van der Waals surface area (Å²) in [4.78, 5) is 27.1. The van der Waals surface area contributed by atoms with Gasteiger partial charge in [-0.25, -0.2) is 9.37 Å². The quantitative estimate of drug-likeness (QED) is 0.496. The minimum absolute atomic E-state index is 0.00438. The molecule has 1 amide bonds. The van der Waals surface area contributed by atoms with Crippen molar-refractivity contribution in [1.29, 1.82) is 0 Å². The van der Waals surface area contributed by atoms with Crippen LogP contribution in [0.15, 0.2) is 36.5 Å². The normalized spacial score (nSPS) is 10.2. The molecular weight excluding hydrogens is 301 g/mol. The van der Waals surface area contributed by atoms with E-state index in [1.165, 1.54) is 25.2 Å². The Labute approximate surface area is 123 Å². The van der Waals surface area contributed by atoms with Gasteiger partial charge in [-0.3, -0.25) is 14.9 Å². The van der Waals surface area contributed by atoms with E-state index in [2.05, 4.69) is 4.98 Å². The molecule has 0 aliphatic heterocycles. The number of hydrogen-bond acceptors (Lipinski definition) is 4. The highest BCUT2D eigenvalue weighted by molar-refractivity contribution is 6.30. The van der Waals surface area contributed by atoms with Crippen molar-refractivity contribution >= 4 is 28.9 Å². The van der Waals surface area contributed by atoms with Gasteiger partial charge in [-0.1, -0.05) is 23.7 Å². The zero-order valence-electron chi connectivity index (χ0n) is 10.8. The first-order valence-electron chi connectivity index (χ1n) is 5.74. The first-order chi connectivity index (χ1) is 9.91. The summed E-state index contributed by atoms with van der Waals surface area (Å²) in [5.41, 5.74) is -0.747. The highest BCUT2D eigenvalue weighted by Crippen LogP contribution is 2.25. The van der Waals surface area contributed by atoms with Crippen LogP contribution >= 0.6 is 11.6 Å². The smallest absolute Gasteiger partial charge is 0.300 e. The van der Waals surface area contributed by atoms with Crippen molar-refractivity contribution in [2.45, 2.75) is 0 Å². The van der Waals surface area contributed by atoms with Crippen LogP contribution in [0.3, 0.4) is 0 Å². The number of benzene rings is 1. The zero-order valence-corrected chi connectivity index (χ0v) is 11.5. The lowest BCUT2D eigenvalue weighted by Crippen LogP contribution is -2.27. The lowest BCUT2D eigenvalue weighted by atomic mass is 10.2. The molecule has 1 aromatic heterocycles. The van der Waals surface area contributed by atoms with Gasteiger partial charge in [0.2, 0.25) is 0 Å². The van der Waals surface area contributed by atoms with E-state index in [-0.39, 0.29) is 16.4 Å². The summed E-state index contributed by atoms with van der Waals surface area (Å²) < 4.78 is 13.7. The Morgan fingerprint density at radius 2 is 2.10 bits per heavy atom. The van der Waals surface area contributed by atoms with Crippen molar-refractivity contribution in [2.24, 2.45) is 0 Å². The standard InChI is InChI=1S/C13H9ClFN3O3/c1-17(10-5-3-2-4-9(10)15)13(19)8-6-12(14)16-7-11(8)18(20)21/h2-7H,1H3. The summed E-state index contributed by atoms with van der Waals surface area (Å²) in [7, 11) is 1.32. The number of aromatic nitrogens is 1. The fraction of sp³-hybridized carbons (Fsp3) is 0.0769. The molecule has 0 atom stereocenters. The number of rotatable bonds is 3. The van der Waals surface area contributed by atoms with Crippen molar-refractivity contribution in [3.05, 3.63) is 63.2 Å². The number of halogens is 2. The Hall–Kier alpha value is -2.54. The van der Waals surface area contributed by atoms with Gasteiger partial charge in [0, 0.05) is 7.05 Å². The third-order valence-corrected chi connectivity index (χ3v) is 3.00. The molecule has 0 unspecified atom stereocenters. The Morgan fingerprint density at radius 3 is 2.71 bits per heavy atom. The maximum absolute atomic E-state index is 13.7. The highest BCUT2D eigenvalue weighted by Gasteiger charge is 2.25. The number of carbonyl (C=O) groups excluding carboxylic acids is 1. The van der Waals surface area contributed by atoms with E-state index in [0.717, 1.165) is 17.2 Å². The first kappa shape index (κ1) is 14.9. The first-order valence-corrected chi connectivity index (χ1v) is 6.12. The van der Waals surface area contributed by atoms with E-state index in [1.54, 1.807) is 6.07 Å². The molecule has 1 aromatic carbocycles. The van der Waals surface area contributed by atoms with Crippen molar-refractivity contribution in [3.63, 3.8) is 0 Å². The number of nitrogens with zero attached hydrogens (tertiary/aromatic N) is 3. The second-order valence-electron chi connectivity index (χ2n) is 4.10. The van der Waals surface area contributed by atoms with Gasteiger partial charge in [0.1, 0.15) is 22.7 Å². The maximum Gasteiger partial charge on any atom is 0.300 e. The van der Waals surface area contributed by atoms with Crippen LogP contribution in [0.4, 0.5) is 15.8 Å². The van der Waals surface area contributed by atoms with E-state index in [0.29, 0.717) is 0 Å². The molecule has 0 bridgehead atoms. The fourth-order valence-electron chi connectivity index (χ4n) is 1.75. The highest BCUT2D eigenvalue weighted by atomic mass is 35.5. The minimum Gasteiger partial charge on any atom is -0.308 e. The molecular formula is C13H9ClFN3O3. The number of para-hydroxylation sites is 1. The van der Waals surface area contributed by atoms with Gasteiger partial charge in [0.25, 0.3) is 11.6 Å². The Morgan fingerprint density at radius 1 is 1.43 bits per heavy atom. The second-order valence-corrected chi connectivity index (χ2v) is 4.48. The number of nitro groups is 1. The monoisotopic (exact) mass is 309 g/mol. The van der Waals surface area contributed by atoms with Crippen LogP contribution in [0, 0.1) is 15.9 Å². The molecule has 0 saturated heterocycles. The summed E-state index contributed by atoms with van der Waals surface area (Å²) in [6, 6.07) is 6.69. The fourth-order valence-corrected chi connectivity index (χ4v) is 1.91. The molecule has 0 aliphatic carbocycles. The van der Waals surface area contributed by atoms with Crippen LogP contribution in [0.5, 0.6) is 0 Å². The molecule has 6 nitrogen and oxygen atoms in total. The van der Waals surface area contributed by atoms with Crippen LogP contribution in [0.1, 0.15) is 10.4 Å². The van der Waals surface area contributed by atoms with Gasteiger partial charge in [-0.15, -0.1) is 0 Å². The van der Waals surface area contributed by atoms with Crippen LogP contribution < -0.4 is 4.90 Å². The molecule has 1 heterocycles. The van der Waals surface area contributed by atoms with E-state index in [9.17, 15) is 19.3 Å². The molecule has 0 saturated carbocycles. The van der Waals surface area contributed by atoms with E-state index in [4.69, 9.17) is 11.6 Å². The largest absolute Gasteiger partial charge is 0.308 e. The minimum atomic E-state index is -0.754. The van der Waals surface area contributed by atoms with Crippen LogP contribution in [-0.2, 0) is 0 Å². The molecule has 0 aliphatic rings. The summed E-state index contributed by atoms with van der Waals surface area (Å²) in [5.74, 6) is -1.37. The molecule has 2 rings (SSSR count). The number of hydrogen-bond donors (Lipinski definition) is 0. The SMILES string of the molecule is CN(C(=O)c1cc(Cl)ncc1[N+](=O)[O-])c1ccccc1F. The van der Waals surface area contributed by atoms with Crippen LogP contribution in [-0.4, -0.2) is 22.9 Å². The number of anilines is 1. The molecule has 21 heavy (non-hydrogen) atoms. The van der Waals surface area contributed by atoms with Gasteiger partial charge in [0.15, 0.2) is 0 Å². The Bertz CT molecular complexity index is 724. The van der Waals surface area contributed by atoms with Crippen molar-refractivity contribution in [2.75, 3.05) is 11.9 Å². The molecule has 0 spiro atoms. The lowest BCUT2D eigenvalue weighted by Gasteiger charge is -2.17. The summed E-state index contributed by atoms with van der Waals surface area (Å²) >= 11 is 5.67. The maximum atomic E-state index is 13.7. The average Bonchev–Trinajstić information content (AvgIpc) is 2.45. The van der Waals surface area contributed by atoms with Gasteiger partial charge in [-0.2, -0.15) is 0 Å². The van der Waals surface area contributed by atoms with Crippen LogP contribution in [0.25, 0.3) is 0 Å². The average molecular weight is 310 g/mol. The zero-order chi connectivity index (χ0) is 15.6. The summed E-state index contributed by atoms with van der Waals surface area (Å²) in [6.07, 6.45) is 0.894. The molecule has 0 radical (unpaired) electrons. The lowest BCUT2D eigenvalue weighted by molar-refractivity contribution is -0.385. The molecule has 8 heteroatoms. The van der Waals surface area contributed by atoms with Gasteiger partial charge in [-0.05, 0) is 18.2 Å². The number of pyridine rings is 1.